The Labute approximate surface area is 128 Å². The molecular weight excluding hydrogens is 314 g/mol. The summed E-state index contributed by atoms with van der Waals surface area (Å²) in [5, 5.41) is 0. The average molecular weight is 332 g/mol. The van der Waals surface area contributed by atoms with E-state index >= 15 is 0 Å². The van der Waals surface area contributed by atoms with E-state index in [1.165, 1.54) is 0 Å². The van der Waals surface area contributed by atoms with Crippen molar-refractivity contribution in [1.82, 2.24) is 0 Å². The summed E-state index contributed by atoms with van der Waals surface area (Å²) in [7, 11) is 0. The van der Waals surface area contributed by atoms with Crippen molar-refractivity contribution in [3.8, 4) is 5.75 Å². The van der Waals surface area contributed by atoms with Crippen molar-refractivity contribution in [3.05, 3.63) is 58.1 Å². The number of benzene rings is 2. The zero-order valence-corrected chi connectivity index (χ0v) is 13.4. The summed E-state index contributed by atoms with van der Waals surface area (Å²) in [5.74, 6) is 0.868. The van der Waals surface area contributed by atoms with Crippen LogP contribution in [0.1, 0.15) is 24.5 Å². The van der Waals surface area contributed by atoms with Crippen molar-refractivity contribution in [2.75, 3.05) is 6.61 Å². The smallest absolute Gasteiger partial charge is 0.128 e. The van der Waals surface area contributed by atoms with E-state index in [0.717, 1.165) is 33.5 Å². The fourth-order valence-corrected chi connectivity index (χ4v) is 2.19. The van der Waals surface area contributed by atoms with Gasteiger partial charge in [0.15, 0.2) is 0 Å². The molecule has 2 rings (SSSR count). The second kappa shape index (κ2) is 7.25. The minimum absolute atomic E-state index is 0.715. The van der Waals surface area contributed by atoms with Crippen LogP contribution in [0.5, 0.6) is 5.75 Å². The number of ether oxygens (including phenoxy) is 1. The lowest BCUT2D eigenvalue weighted by Crippen LogP contribution is -1.98. The Morgan fingerprint density at radius 1 is 1.20 bits per heavy atom. The molecule has 0 unspecified atom stereocenters. The highest BCUT2D eigenvalue weighted by molar-refractivity contribution is 9.10. The maximum absolute atomic E-state index is 5.75. The Balaban J connectivity index is 2.27. The molecule has 0 fully saturated rings. The van der Waals surface area contributed by atoms with Gasteiger partial charge in [-0.3, -0.25) is 4.99 Å². The summed E-state index contributed by atoms with van der Waals surface area (Å²) in [6, 6.07) is 14.1. The second-order valence-electron chi connectivity index (χ2n) is 4.58. The molecule has 0 bridgehead atoms. The predicted octanol–water partition coefficient (Wildman–Crippen LogP) is 5.30. The third kappa shape index (κ3) is 3.94. The third-order valence-corrected chi connectivity index (χ3v) is 3.38. The second-order valence-corrected chi connectivity index (χ2v) is 5.49. The molecule has 0 heterocycles. The Kier molecular flexibility index (Phi) is 5.36. The summed E-state index contributed by atoms with van der Waals surface area (Å²) in [4.78, 5) is 4.56. The molecule has 0 aliphatic heterocycles. The van der Waals surface area contributed by atoms with Crippen molar-refractivity contribution >= 4 is 27.8 Å². The van der Waals surface area contributed by atoms with E-state index in [4.69, 9.17) is 4.74 Å². The quantitative estimate of drug-likeness (QED) is 0.681. The third-order valence-electron chi connectivity index (χ3n) is 2.89. The van der Waals surface area contributed by atoms with E-state index in [0.29, 0.717) is 6.61 Å². The van der Waals surface area contributed by atoms with Crippen LogP contribution in [-0.2, 0) is 0 Å². The van der Waals surface area contributed by atoms with Crippen LogP contribution < -0.4 is 4.74 Å². The van der Waals surface area contributed by atoms with Crippen LogP contribution >= 0.6 is 15.9 Å². The number of rotatable bonds is 5. The van der Waals surface area contributed by atoms with Gasteiger partial charge in [0, 0.05) is 16.3 Å². The molecule has 0 saturated carbocycles. The Bertz CT molecular complexity index is 608. The molecule has 2 nitrogen and oxygen atoms in total. The van der Waals surface area contributed by atoms with Crippen LogP contribution in [0.15, 0.2) is 51.9 Å². The molecule has 3 heteroatoms. The largest absolute Gasteiger partial charge is 0.493 e. The summed E-state index contributed by atoms with van der Waals surface area (Å²) in [6.07, 6.45) is 2.85. The lowest BCUT2D eigenvalue weighted by Gasteiger charge is -2.08. The zero-order valence-electron chi connectivity index (χ0n) is 11.8. The molecule has 104 valence electrons. The molecule has 0 N–H and O–H groups in total. The van der Waals surface area contributed by atoms with Gasteiger partial charge in [0.2, 0.25) is 0 Å². The Hall–Kier alpha value is -1.61. The van der Waals surface area contributed by atoms with Crippen LogP contribution in [0.4, 0.5) is 5.69 Å². The van der Waals surface area contributed by atoms with Crippen molar-refractivity contribution in [1.29, 1.82) is 0 Å². The predicted molar refractivity (Wildman–Crippen MR) is 88.4 cm³/mol. The highest BCUT2D eigenvalue weighted by Gasteiger charge is 2.02. The minimum Gasteiger partial charge on any atom is -0.493 e. The molecule has 0 aromatic heterocycles. The monoisotopic (exact) mass is 331 g/mol. The zero-order chi connectivity index (χ0) is 14.4. The van der Waals surface area contributed by atoms with Crippen molar-refractivity contribution < 1.29 is 4.74 Å². The fourth-order valence-electron chi connectivity index (χ4n) is 1.81. The number of nitrogens with zero attached hydrogens (tertiary/aromatic N) is 1. The van der Waals surface area contributed by atoms with Crippen LogP contribution in [0.2, 0.25) is 0 Å². The first-order chi connectivity index (χ1) is 9.70. The number of aryl methyl sites for hydroxylation is 1. The maximum atomic E-state index is 5.75. The SMILES string of the molecule is CCCOc1ccc(Br)cc1C=Nc1ccccc1C. The van der Waals surface area contributed by atoms with Gasteiger partial charge in [0.05, 0.1) is 12.3 Å². The highest BCUT2D eigenvalue weighted by atomic mass is 79.9. The first-order valence-corrected chi connectivity index (χ1v) is 7.52. The first-order valence-electron chi connectivity index (χ1n) is 6.72. The summed E-state index contributed by atoms with van der Waals surface area (Å²) < 4.78 is 6.77. The van der Waals surface area contributed by atoms with Crippen LogP contribution in [-0.4, -0.2) is 12.8 Å². The van der Waals surface area contributed by atoms with Gasteiger partial charge < -0.3 is 4.74 Å². The topological polar surface area (TPSA) is 21.6 Å². The highest BCUT2D eigenvalue weighted by Crippen LogP contribution is 2.24. The van der Waals surface area contributed by atoms with Crippen LogP contribution in [0.25, 0.3) is 0 Å². The van der Waals surface area contributed by atoms with Gasteiger partial charge >= 0.3 is 0 Å². The maximum Gasteiger partial charge on any atom is 0.128 e. The summed E-state index contributed by atoms with van der Waals surface area (Å²) >= 11 is 3.49. The molecule has 0 radical (unpaired) electrons. The van der Waals surface area contributed by atoms with Gasteiger partial charge in [-0.15, -0.1) is 0 Å². The van der Waals surface area contributed by atoms with Crippen molar-refractivity contribution in [2.45, 2.75) is 20.3 Å². The van der Waals surface area contributed by atoms with E-state index in [9.17, 15) is 0 Å². The van der Waals surface area contributed by atoms with Crippen molar-refractivity contribution in [3.63, 3.8) is 0 Å². The van der Waals surface area contributed by atoms with E-state index in [1.54, 1.807) is 0 Å². The number of halogens is 1. The van der Waals surface area contributed by atoms with E-state index in [-0.39, 0.29) is 0 Å². The van der Waals surface area contributed by atoms with E-state index in [1.807, 2.05) is 42.6 Å². The first kappa shape index (κ1) is 14.8. The molecule has 0 aliphatic carbocycles. The lowest BCUT2D eigenvalue weighted by molar-refractivity contribution is 0.317. The normalized spacial score (nSPS) is 10.9. The van der Waals surface area contributed by atoms with Gasteiger partial charge in [0.25, 0.3) is 0 Å². The molecule has 0 aliphatic rings. The number of para-hydroxylation sites is 1. The van der Waals surface area contributed by atoms with Gasteiger partial charge in [-0.25, -0.2) is 0 Å². The molecule has 0 saturated heterocycles. The van der Waals surface area contributed by atoms with E-state index < -0.39 is 0 Å². The summed E-state index contributed by atoms with van der Waals surface area (Å²) in [6.45, 7) is 4.87. The van der Waals surface area contributed by atoms with Crippen molar-refractivity contribution in [2.24, 2.45) is 4.99 Å². The fraction of sp³-hybridized carbons (Fsp3) is 0.235. The Morgan fingerprint density at radius 3 is 2.75 bits per heavy atom. The molecule has 0 amide bonds. The minimum atomic E-state index is 0.715. The van der Waals surface area contributed by atoms with Gasteiger partial charge in [-0.1, -0.05) is 41.1 Å². The number of aliphatic imine (C=N–C) groups is 1. The Morgan fingerprint density at radius 2 is 2.00 bits per heavy atom. The lowest BCUT2D eigenvalue weighted by atomic mass is 10.2. The van der Waals surface area contributed by atoms with Gasteiger partial charge in [0.1, 0.15) is 5.75 Å². The van der Waals surface area contributed by atoms with E-state index in [2.05, 4.69) is 40.8 Å². The standard InChI is InChI=1S/C17H18BrNO/c1-3-10-20-17-9-8-15(18)11-14(17)12-19-16-7-5-4-6-13(16)2/h4-9,11-12H,3,10H2,1-2H3. The van der Waals surface area contributed by atoms with Crippen LogP contribution in [0.3, 0.4) is 0 Å². The summed E-state index contributed by atoms with van der Waals surface area (Å²) in [5.41, 5.74) is 3.12. The van der Waals surface area contributed by atoms with Gasteiger partial charge in [-0.05, 0) is 43.2 Å². The van der Waals surface area contributed by atoms with Crippen LogP contribution in [0, 0.1) is 6.92 Å². The molecule has 0 spiro atoms. The molecule has 0 atom stereocenters. The molecule has 2 aromatic rings. The molecule has 20 heavy (non-hydrogen) atoms. The van der Waals surface area contributed by atoms with Gasteiger partial charge in [-0.2, -0.15) is 0 Å². The molecule has 2 aromatic carbocycles. The number of hydrogen-bond donors (Lipinski definition) is 0. The molecular formula is C17H18BrNO. The average Bonchev–Trinajstić information content (AvgIpc) is 2.45. The number of hydrogen-bond acceptors (Lipinski definition) is 2.